The molecular formula is C20H21F2N3O3S. The van der Waals surface area contributed by atoms with E-state index in [1.807, 2.05) is 6.92 Å². The Hall–Kier alpha value is -2.81. The van der Waals surface area contributed by atoms with E-state index in [0.29, 0.717) is 24.0 Å². The number of rotatable bonds is 7. The topological polar surface area (TPSA) is 87.6 Å². The average Bonchev–Trinajstić information content (AvgIpc) is 2.93. The van der Waals surface area contributed by atoms with Crippen molar-refractivity contribution in [2.75, 3.05) is 6.54 Å². The van der Waals surface area contributed by atoms with Crippen LogP contribution in [0.4, 0.5) is 8.78 Å². The zero-order valence-corrected chi connectivity index (χ0v) is 16.6. The molecule has 3 rings (SSSR count). The number of carbonyl (C=O) groups excluding carboxylic acids is 1. The summed E-state index contributed by atoms with van der Waals surface area (Å²) in [5.74, 6) is -1.76. The predicted octanol–water partition coefficient (Wildman–Crippen LogP) is 2.53. The van der Waals surface area contributed by atoms with Gasteiger partial charge in [-0.15, -0.1) is 0 Å². The number of nitrogens with zero attached hydrogens (tertiary/aromatic N) is 1. The summed E-state index contributed by atoms with van der Waals surface area (Å²) in [6.07, 6.45) is 1.17. The van der Waals surface area contributed by atoms with Gasteiger partial charge in [0.1, 0.15) is 5.84 Å². The van der Waals surface area contributed by atoms with E-state index in [4.69, 9.17) is 0 Å². The van der Waals surface area contributed by atoms with Gasteiger partial charge in [-0.3, -0.25) is 14.5 Å². The Balaban J connectivity index is 1.47. The molecule has 0 saturated heterocycles. The summed E-state index contributed by atoms with van der Waals surface area (Å²) in [6, 6.07) is 10.1. The molecule has 6 nitrogen and oxygen atoms in total. The molecule has 0 saturated carbocycles. The van der Waals surface area contributed by atoms with Crippen LogP contribution in [0.2, 0.25) is 0 Å². The Labute approximate surface area is 168 Å². The fraction of sp³-hybridized carbons (Fsp3) is 0.300. The van der Waals surface area contributed by atoms with Crippen LogP contribution in [-0.4, -0.2) is 32.7 Å². The number of amidine groups is 1. The van der Waals surface area contributed by atoms with E-state index in [0.717, 1.165) is 12.1 Å². The van der Waals surface area contributed by atoms with Gasteiger partial charge >= 0.3 is 0 Å². The maximum Gasteiger partial charge on any atom is 0.263 e. The monoisotopic (exact) mass is 421 g/mol. The first-order valence-corrected chi connectivity index (χ1v) is 10.6. The van der Waals surface area contributed by atoms with Gasteiger partial charge in [-0.2, -0.15) is 0 Å². The number of carbonyl (C=O) groups is 1. The molecule has 0 fully saturated rings. The predicted molar refractivity (Wildman–Crippen MR) is 105 cm³/mol. The minimum Gasteiger partial charge on any atom is -0.354 e. The van der Waals surface area contributed by atoms with Crippen LogP contribution in [0.25, 0.3) is 0 Å². The highest BCUT2D eigenvalue weighted by Gasteiger charge is 2.29. The number of aliphatic imine (C=N–C) groups is 1. The van der Waals surface area contributed by atoms with E-state index in [2.05, 4.69) is 15.0 Å². The first-order chi connectivity index (χ1) is 13.8. The number of fused-ring (bicyclic) bond motifs is 1. The highest BCUT2D eigenvalue weighted by atomic mass is 32.2. The maximum absolute atomic E-state index is 13.2. The van der Waals surface area contributed by atoms with Crippen molar-refractivity contribution in [2.45, 2.75) is 37.1 Å². The summed E-state index contributed by atoms with van der Waals surface area (Å²) in [5, 5.41) is 2.82. The summed E-state index contributed by atoms with van der Waals surface area (Å²) < 4.78 is 52.6. The molecule has 1 heterocycles. The van der Waals surface area contributed by atoms with Gasteiger partial charge in [-0.05, 0) is 49.6 Å². The molecule has 0 radical (unpaired) electrons. The quantitative estimate of drug-likeness (QED) is 0.720. The van der Waals surface area contributed by atoms with Crippen LogP contribution in [0.3, 0.4) is 0 Å². The van der Waals surface area contributed by atoms with Crippen molar-refractivity contribution in [3.05, 3.63) is 65.2 Å². The smallest absolute Gasteiger partial charge is 0.263 e. The molecule has 0 bridgehead atoms. The Bertz CT molecular complexity index is 1050. The van der Waals surface area contributed by atoms with Gasteiger partial charge in [0.2, 0.25) is 5.91 Å². The molecule has 2 aromatic rings. The number of amides is 1. The van der Waals surface area contributed by atoms with Gasteiger partial charge in [0.05, 0.1) is 11.4 Å². The van der Waals surface area contributed by atoms with Gasteiger partial charge in [-0.1, -0.05) is 18.2 Å². The van der Waals surface area contributed by atoms with Crippen molar-refractivity contribution in [1.29, 1.82) is 0 Å². The molecule has 9 heteroatoms. The van der Waals surface area contributed by atoms with E-state index in [9.17, 15) is 22.0 Å². The number of hydrogen-bond donors (Lipinski definition) is 2. The molecule has 0 spiro atoms. The molecule has 1 atom stereocenters. The molecule has 2 aromatic carbocycles. The second-order valence-electron chi connectivity index (χ2n) is 6.84. The molecular weight excluding hydrogens is 400 g/mol. The lowest BCUT2D eigenvalue weighted by molar-refractivity contribution is -0.121. The SMILES string of the molecule is CC(CCc1ccc(F)c(F)c1)NC(=O)CCN=C1NS(=O)(=O)c2ccccc21. The normalized spacial score (nSPS) is 16.9. The Morgan fingerprint density at radius 1 is 1.17 bits per heavy atom. The van der Waals surface area contributed by atoms with Crippen molar-refractivity contribution in [1.82, 2.24) is 10.0 Å². The Morgan fingerprint density at radius 2 is 1.93 bits per heavy atom. The summed E-state index contributed by atoms with van der Waals surface area (Å²) in [7, 11) is -3.60. The van der Waals surface area contributed by atoms with E-state index in [-0.39, 0.29) is 35.6 Å². The third-order valence-corrected chi connectivity index (χ3v) is 5.93. The second kappa shape index (κ2) is 8.69. The first-order valence-electron chi connectivity index (χ1n) is 9.16. The Kier molecular flexibility index (Phi) is 6.26. The van der Waals surface area contributed by atoms with Gasteiger partial charge < -0.3 is 5.32 Å². The Morgan fingerprint density at radius 3 is 2.69 bits per heavy atom. The van der Waals surface area contributed by atoms with Crippen LogP contribution in [0.15, 0.2) is 52.4 Å². The van der Waals surface area contributed by atoms with E-state index in [1.165, 1.54) is 12.1 Å². The fourth-order valence-corrected chi connectivity index (χ4v) is 4.27. The first kappa shape index (κ1) is 20.9. The number of halogens is 2. The maximum atomic E-state index is 13.2. The zero-order chi connectivity index (χ0) is 21.0. The summed E-state index contributed by atoms with van der Waals surface area (Å²) >= 11 is 0. The standard InChI is InChI=1S/C20H21F2N3O3S/c1-13(6-7-14-8-9-16(21)17(22)12-14)24-19(26)10-11-23-20-15-4-2-3-5-18(15)29(27,28)25-20/h2-5,8-9,12-13H,6-7,10-11H2,1H3,(H,23,25)(H,24,26). The molecule has 0 aliphatic carbocycles. The molecule has 1 aliphatic heterocycles. The van der Waals surface area contributed by atoms with Crippen LogP contribution in [0, 0.1) is 11.6 Å². The van der Waals surface area contributed by atoms with E-state index >= 15 is 0 Å². The van der Waals surface area contributed by atoms with Gasteiger partial charge in [0.15, 0.2) is 11.6 Å². The average molecular weight is 421 g/mol. The number of nitrogens with one attached hydrogen (secondary N) is 2. The van der Waals surface area contributed by atoms with Crippen molar-refractivity contribution in [2.24, 2.45) is 4.99 Å². The highest BCUT2D eigenvalue weighted by molar-refractivity contribution is 7.90. The van der Waals surface area contributed by atoms with Crippen LogP contribution in [-0.2, 0) is 21.2 Å². The van der Waals surface area contributed by atoms with Crippen molar-refractivity contribution >= 4 is 21.8 Å². The van der Waals surface area contributed by atoms with Crippen LogP contribution < -0.4 is 10.0 Å². The van der Waals surface area contributed by atoms with Crippen molar-refractivity contribution < 1.29 is 22.0 Å². The lowest BCUT2D eigenvalue weighted by Gasteiger charge is -2.13. The van der Waals surface area contributed by atoms with Crippen molar-refractivity contribution in [3.8, 4) is 0 Å². The van der Waals surface area contributed by atoms with Crippen LogP contribution in [0.1, 0.15) is 30.9 Å². The van der Waals surface area contributed by atoms with Gasteiger partial charge in [-0.25, -0.2) is 17.2 Å². The fourth-order valence-electron chi connectivity index (χ4n) is 3.02. The molecule has 1 amide bonds. The van der Waals surface area contributed by atoms with Gasteiger partial charge in [0, 0.05) is 18.0 Å². The summed E-state index contributed by atoms with van der Waals surface area (Å²) in [5.41, 5.74) is 1.15. The lowest BCUT2D eigenvalue weighted by atomic mass is 10.1. The minimum absolute atomic E-state index is 0.100. The highest BCUT2D eigenvalue weighted by Crippen LogP contribution is 2.22. The van der Waals surface area contributed by atoms with E-state index in [1.54, 1.807) is 18.2 Å². The molecule has 0 aromatic heterocycles. The summed E-state index contributed by atoms with van der Waals surface area (Å²) in [6.45, 7) is 1.96. The van der Waals surface area contributed by atoms with Crippen molar-refractivity contribution in [3.63, 3.8) is 0 Å². The largest absolute Gasteiger partial charge is 0.354 e. The second-order valence-corrected chi connectivity index (χ2v) is 8.49. The van der Waals surface area contributed by atoms with Gasteiger partial charge in [0.25, 0.3) is 10.0 Å². The number of sulfonamides is 1. The molecule has 2 N–H and O–H groups in total. The zero-order valence-electron chi connectivity index (χ0n) is 15.8. The molecule has 1 aliphatic rings. The lowest BCUT2D eigenvalue weighted by Crippen LogP contribution is -2.33. The number of hydrogen-bond acceptors (Lipinski definition) is 4. The third kappa shape index (κ3) is 5.17. The molecule has 29 heavy (non-hydrogen) atoms. The minimum atomic E-state index is -3.60. The number of benzene rings is 2. The molecule has 1 unspecified atom stereocenters. The number of aryl methyl sites for hydroxylation is 1. The van der Waals surface area contributed by atoms with Crippen LogP contribution in [0.5, 0.6) is 0 Å². The molecule has 154 valence electrons. The summed E-state index contributed by atoms with van der Waals surface area (Å²) in [4.78, 5) is 16.5. The third-order valence-electron chi connectivity index (χ3n) is 4.53. The van der Waals surface area contributed by atoms with Crippen LogP contribution >= 0.6 is 0 Å². The van der Waals surface area contributed by atoms with E-state index < -0.39 is 21.7 Å².